The fraction of sp³-hybridized carbons (Fsp3) is 0.529. The Labute approximate surface area is 130 Å². The number of likely N-dealkylation sites (tertiary alicyclic amines) is 1. The van der Waals surface area contributed by atoms with Gasteiger partial charge in [0.2, 0.25) is 5.91 Å². The summed E-state index contributed by atoms with van der Waals surface area (Å²) in [5, 5.41) is 0. The number of H-pyrrole nitrogens is 1. The second-order valence-corrected chi connectivity index (χ2v) is 6.73. The van der Waals surface area contributed by atoms with E-state index < -0.39 is 0 Å². The van der Waals surface area contributed by atoms with Gasteiger partial charge in [0.1, 0.15) is 5.82 Å². The lowest BCUT2D eigenvalue weighted by Gasteiger charge is -2.22. The number of aromatic amines is 1. The maximum Gasteiger partial charge on any atom is 0.223 e. The number of hydrogen-bond donors (Lipinski definition) is 2. The van der Waals surface area contributed by atoms with Crippen molar-refractivity contribution >= 4 is 16.9 Å². The molecule has 118 valence electrons. The molecule has 1 aliphatic heterocycles. The van der Waals surface area contributed by atoms with Gasteiger partial charge in [0.15, 0.2) is 0 Å². The van der Waals surface area contributed by atoms with Gasteiger partial charge in [-0.2, -0.15) is 0 Å². The van der Waals surface area contributed by atoms with Gasteiger partial charge in [0.05, 0.1) is 11.0 Å². The average Bonchev–Trinajstić information content (AvgIpc) is 3.10. The van der Waals surface area contributed by atoms with Gasteiger partial charge in [0.25, 0.3) is 0 Å². The van der Waals surface area contributed by atoms with Crippen molar-refractivity contribution in [3.8, 4) is 0 Å². The molecule has 1 aliphatic rings. The number of nitrogens with one attached hydrogen (secondary N) is 1. The Hall–Kier alpha value is -1.88. The fourth-order valence-electron chi connectivity index (χ4n) is 3.13. The number of rotatable bonds is 4. The molecule has 1 unspecified atom stereocenters. The summed E-state index contributed by atoms with van der Waals surface area (Å²) in [5.41, 5.74) is 9.09. The molecule has 1 aromatic carbocycles. The van der Waals surface area contributed by atoms with E-state index in [1.54, 1.807) is 0 Å². The third-order valence-corrected chi connectivity index (χ3v) is 4.74. The van der Waals surface area contributed by atoms with E-state index in [2.05, 4.69) is 29.9 Å². The summed E-state index contributed by atoms with van der Waals surface area (Å²) in [4.78, 5) is 22.2. The monoisotopic (exact) mass is 300 g/mol. The molecule has 1 saturated heterocycles. The van der Waals surface area contributed by atoms with Crippen LogP contribution in [0.4, 0.5) is 0 Å². The number of carbonyl (C=O) groups excluding carboxylic acids is 1. The smallest absolute Gasteiger partial charge is 0.223 e. The molecule has 3 rings (SSSR count). The summed E-state index contributed by atoms with van der Waals surface area (Å²) < 4.78 is 0. The molecule has 0 spiro atoms. The van der Waals surface area contributed by atoms with Gasteiger partial charge in [-0.1, -0.05) is 19.1 Å². The molecule has 3 N–H and O–H groups in total. The Kier molecular flexibility index (Phi) is 3.91. The van der Waals surface area contributed by atoms with Crippen LogP contribution in [0.2, 0.25) is 0 Å². The molecular weight excluding hydrogens is 276 g/mol. The van der Waals surface area contributed by atoms with Crippen LogP contribution in [0.25, 0.3) is 11.0 Å². The summed E-state index contributed by atoms with van der Waals surface area (Å²) in [6.45, 7) is 6.45. The lowest BCUT2D eigenvalue weighted by Crippen LogP contribution is -2.34. The number of amides is 1. The summed E-state index contributed by atoms with van der Waals surface area (Å²) in [7, 11) is 0. The van der Waals surface area contributed by atoms with Crippen molar-refractivity contribution in [1.29, 1.82) is 0 Å². The highest BCUT2D eigenvalue weighted by atomic mass is 16.2. The highest BCUT2D eigenvalue weighted by Gasteiger charge is 2.34. The van der Waals surface area contributed by atoms with Crippen molar-refractivity contribution in [3.63, 3.8) is 0 Å². The predicted octanol–water partition coefficient (Wildman–Crippen LogP) is 2.00. The first kappa shape index (κ1) is 15.0. The number of carbonyl (C=O) groups is 1. The number of aromatic nitrogens is 2. The Morgan fingerprint density at radius 3 is 3.00 bits per heavy atom. The van der Waals surface area contributed by atoms with Crippen molar-refractivity contribution in [2.75, 3.05) is 19.6 Å². The van der Waals surface area contributed by atoms with E-state index in [0.29, 0.717) is 19.4 Å². The van der Waals surface area contributed by atoms with Crippen LogP contribution in [0.3, 0.4) is 0 Å². The molecule has 0 aliphatic carbocycles. The van der Waals surface area contributed by atoms with Gasteiger partial charge in [-0.3, -0.25) is 4.79 Å². The number of para-hydroxylation sites is 1. The van der Waals surface area contributed by atoms with Crippen LogP contribution in [-0.4, -0.2) is 40.4 Å². The Morgan fingerprint density at radius 1 is 1.50 bits per heavy atom. The molecule has 2 heterocycles. The van der Waals surface area contributed by atoms with Gasteiger partial charge < -0.3 is 15.6 Å². The van der Waals surface area contributed by atoms with Crippen LogP contribution in [0.5, 0.6) is 0 Å². The summed E-state index contributed by atoms with van der Waals surface area (Å²) >= 11 is 0. The maximum atomic E-state index is 12.3. The van der Waals surface area contributed by atoms with Crippen LogP contribution in [0, 0.1) is 12.3 Å². The topological polar surface area (TPSA) is 75.0 Å². The van der Waals surface area contributed by atoms with Crippen molar-refractivity contribution in [2.45, 2.75) is 33.1 Å². The summed E-state index contributed by atoms with van der Waals surface area (Å²) in [5.74, 6) is 1.09. The normalized spacial score (nSPS) is 21.7. The minimum Gasteiger partial charge on any atom is -0.342 e. The van der Waals surface area contributed by atoms with E-state index in [1.807, 2.05) is 17.0 Å². The zero-order valence-corrected chi connectivity index (χ0v) is 13.4. The van der Waals surface area contributed by atoms with Gasteiger partial charge in [0, 0.05) is 25.9 Å². The quantitative estimate of drug-likeness (QED) is 0.907. The Bertz CT molecular complexity index is 693. The summed E-state index contributed by atoms with van der Waals surface area (Å²) in [6, 6.07) is 6.09. The first-order valence-corrected chi connectivity index (χ1v) is 7.93. The van der Waals surface area contributed by atoms with Crippen molar-refractivity contribution in [1.82, 2.24) is 14.9 Å². The number of benzene rings is 1. The standard InChI is InChI=1S/C17H24N4O/c1-12-4-3-5-13-16(12)20-14(19-13)6-7-15(22)21-9-8-17(2,10-18)11-21/h3-5H,6-11,18H2,1-2H3,(H,19,20). The second kappa shape index (κ2) is 5.72. The van der Waals surface area contributed by atoms with E-state index in [4.69, 9.17) is 5.73 Å². The lowest BCUT2D eigenvalue weighted by atomic mass is 9.90. The molecule has 1 aromatic heterocycles. The maximum absolute atomic E-state index is 12.3. The minimum absolute atomic E-state index is 0.0894. The Balaban J connectivity index is 1.62. The summed E-state index contributed by atoms with van der Waals surface area (Å²) in [6.07, 6.45) is 2.15. The van der Waals surface area contributed by atoms with Gasteiger partial charge in [-0.15, -0.1) is 0 Å². The van der Waals surface area contributed by atoms with Crippen molar-refractivity contribution < 1.29 is 4.79 Å². The van der Waals surface area contributed by atoms with Gasteiger partial charge in [-0.25, -0.2) is 4.98 Å². The van der Waals surface area contributed by atoms with Crippen LogP contribution in [-0.2, 0) is 11.2 Å². The van der Waals surface area contributed by atoms with Gasteiger partial charge >= 0.3 is 0 Å². The van der Waals surface area contributed by atoms with Crippen LogP contribution in [0.1, 0.15) is 31.2 Å². The van der Waals surface area contributed by atoms with Crippen LogP contribution in [0.15, 0.2) is 18.2 Å². The molecule has 1 atom stereocenters. The first-order chi connectivity index (χ1) is 10.5. The molecular formula is C17H24N4O. The second-order valence-electron chi connectivity index (χ2n) is 6.73. The molecule has 1 amide bonds. The van der Waals surface area contributed by atoms with E-state index in [1.165, 1.54) is 0 Å². The number of imidazole rings is 1. The van der Waals surface area contributed by atoms with E-state index in [0.717, 1.165) is 41.9 Å². The van der Waals surface area contributed by atoms with E-state index in [9.17, 15) is 4.79 Å². The number of fused-ring (bicyclic) bond motifs is 1. The van der Waals surface area contributed by atoms with Gasteiger partial charge in [-0.05, 0) is 36.9 Å². The van der Waals surface area contributed by atoms with Crippen LogP contribution >= 0.6 is 0 Å². The highest BCUT2D eigenvalue weighted by molar-refractivity contribution is 5.79. The molecule has 22 heavy (non-hydrogen) atoms. The third-order valence-electron chi connectivity index (χ3n) is 4.74. The number of hydrogen-bond acceptors (Lipinski definition) is 3. The average molecular weight is 300 g/mol. The number of aryl methyl sites for hydroxylation is 2. The van der Waals surface area contributed by atoms with E-state index >= 15 is 0 Å². The minimum atomic E-state index is 0.0894. The third kappa shape index (κ3) is 2.86. The molecule has 0 radical (unpaired) electrons. The first-order valence-electron chi connectivity index (χ1n) is 7.93. The molecule has 5 nitrogen and oxygen atoms in total. The molecule has 1 fully saturated rings. The van der Waals surface area contributed by atoms with Crippen molar-refractivity contribution in [3.05, 3.63) is 29.6 Å². The zero-order chi connectivity index (χ0) is 15.7. The van der Waals surface area contributed by atoms with Crippen molar-refractivity contribution in [2.24, 2.45) is 11.1 Å². The highest BCUT2D eigenvalue weighted by Crippen LogP contribution is 2.29. The number of nitrogens with two attached hydrogens (primary N) is 1. The lowest BCUT2D eigenvalue weighted by molar-refractivity contribution is -0.130. The number of nitrogens with zero attached hydrogens (tertiary/aromatic N) is 2. The molecule has 0 bridgehead atoms. The predicted molar refractivity (Wildman–Crippen MR) is 87.5 cm³/mol. The molecule has 5 heteroatoms. The Morgan fingerprint density at radius 2 is 2.32 bits per heavy atom. The van der Waals surface area contributed by atoms with E-state index in [-0.39, 0.29) is 11.3 Å². The van der Waals surface area contributed by atoms with Crippen LogP contribution < -0.4 is 5.73 Å². The SMILES string of the molecule is Cc1cccc2[nH]c(CCC(=O)N3CCC(C)(CN)C3)nc12. The largest absolute Gasteiger partial charge is 0.342 e. The zero-order valence-electron chi connectivity index (χ0n) is 13.4. The molecule has 0 saturated carbocycles. The fourth-order valence-corrected chi connectivity index (χ4v) is 3.13. The molecule has 2 aromatic rings.